The predicted molar refractivity (Wildman–Crippen MR) is 154 cm³/mol. The molecule has 1 aliphatic rings. The van der Waals surface area contributed by atoms with Crippen LogP contribution < -0.4 is 21.1 Å². The fraction of sp³-hybridized carbons (Fsp3) is 0.345. The lowest BCUT2D eigenvalue weighted by atomic mass is 10.0. The Bertz CT molecular complexity index is 1390. The van der Waals surface area contributed by atoms with Gasteiger partial charge in [-0.05, 0) is 43.5 Å². The first-order chi connectivity index (χ1) is 20.1. The number of ether oxygens (including phenoxy) is 1. The van der Waals surface area contributed by atoms with Crippen LogP contribution in [0.25, 0.3) is 0 Å². The van der Waals surface area contributed by atoms with E-state index in [2.05, 4.69) is 25.6 Å². The van der Waals surface area contributed by atoms with Gasteiger partial charge in [0.25, 0.3) is 5.91 Å². The SMILES string of the molecule is CCN=CF.COc1ccc(C(F)(F)F)cc1C(=O)NCc1ccc(C(=N)c2c(N)ncnc2NC2CCCC2)cc1. The minimum atomic E-state index is -4.58. The van der Waals surface area contributed by atoms with Crippen LogP contribution in [-0.2, 0) is 12.7 Å². The zero-order valence-electron chi connectivity index (χ0n) is 23.3. The number of nitrogens with one attached hydrogen (secondary N) is 3. The van der Waals surface area contributed by atoms with Crippen molar-refractivity contribution in [2.24, 2.45) is 4.99 Å². The largest absolute Gasteiger partial charge is 0.496 e. The highest BCUT2D eigenvalue weighted by atomic mass is 19.4. The van der Waals surface area contributed by atoms with Gasteiger partial charge in [0.2, 0.25) is 0 Å². The number of rotatable bonds is 9. The summed E-state index contributed by atoms with van der Waals surface area (Å²) in [6, 6.07) is 9.88. The lowest BCUT2D eigenvalue weighted by molar-refractivity contribution is -0.137. The van der Waals surface area contributed by atoms with Gasteiger partial charge in [0.15, 0.2) is 6.47 Å². The van der Waals surface area contributed by atoms with Gasteiger partial charge in [-0.3, -0.25) is 15.2 Å². The number of amides is 1. The molecule has 0 saturated heterocycles. The average molecular weight is 588 g/mol. The Labute approximate surface area is 241 Å². The van der Waals surface area contributed by atoms with Crippen molar-refractivity contribution < 1.29 is 27.1 Å². The Morgan fingerprint density at radius 3 is 2.43 bits per heavy atom. The monoisotopic (exact) mass is 587 g/mol. The minimum Gasteiger partial charge on any atom is -0.496 e. The summed E-state index contributed by atoms with van der Waals surface area (Å²) in [7, 11) is 1.28. The molecule has 1 saturated carbocycles. The van der Waals surface area contributed by atoms with E-state index in [-0.39, 0.29) is 35.4 Å². The molecule has 42 heavy (non-hydrogen) atoms. The maximum Gasteiger partial charge on any atom is 0.416 e. The van der Waals surface area contributed by atoms with E-state index in [0.717, 1.165) is 43.9 Å². The molecule has 1 heterocycles. The van der Waals surface area contributed by atoms with Gasteiger partial charge >= 0.3 is 6.18 Å². The molecule has 5 N–H and O–H groups in total. The maximum absolute atomic E-state index is 13.1. The lowest BCUT2D eigenvalue weighted by Gasteiger charge is -2.17. The summed E-state index contributed by atoms with van der Waals surface area (Å²) in [5.74, 6) is 0.0678. The fourth-order valence-corrected chi connectivity index (χ4v) is 4.36. The normalized spacial score (nSPS) is 13.4. The molecular weight excluding hydrogens is 554 g/mol. The van der Waals surface area contributed by atoms with Crippen molar-refractivity contribution in [2.75, 3.05) is 24.7 Å². The van der Waals surface area contributed by atoms with Gasteiger partial charge in [-0.2, -0.15) is 17.6 Å². The Morgan fingerprint density at radius 2 is 1.86 bits per heavy atom. The number of nitrogen functional groups attached to an aromatic ring is 1. The molecule has 1 aliphatic carbocycles. The number of benzene rings is 2. The molecular formula is C29H33F4N7O2. The first-order valence-electron chi connectivity index (χ1n) is 13.3. The van der Waals surface area contributed by atoms with E-state index in [1.54, 1.807) is 31.2 Å². The summed E-state index contributed by atoms with van der Waals surface area (Å²) < 4.78 is 55.0. The van der Waals surface area contributed by atoms with Crippen molar-refractivity contribution >= 4 is 29.7 Å². The third-order valence-corrected chi connectivity index (χ3v) is 6.54. The van der Waals surface area contributed by atoms with Crippen LogP contribution in [0.3, 0.4) is 0 Å². The molecule has 13 heteroatoms. The molecule has 0 bridgehead atoms. The zero-order chi connectivity index (χ0) is 30.7. The highest BCUT2D eigenvalue weighted by Crippen LogP contribution is 2.32. The van der Waals surface area contributed by atoms with Crippen LogP contribution >= 0.6 is 0 Å². The van der Waals surface area contributed by atoms with E-state index in [1.807, 2.05) is 0 Å². The molecule has 0 aliphatic heterocycles. The Hall–Kier alpha value is -4.55. The molecule has 9 nitrogen and oxygen atoms in total. The topological polar surface area (TPSA) is 138 Å². The van der Waals surface area contributed by atoms with Crippen LogP contribution in [0, 0.1) is 5.41 Å². The number of carbonyl (C=O) groups is 1. The van der Waals surface area contributed by atoms with Gasteiger partial charge < -0.3 is 21.1 Å². The molecule has 224 valence electrons. The molecule has 1 fully saturated rings. The number of hydrogen-bond acceptors (Lipinski definition) is 8. The number of anilines is 2. The number of carbonyl (C=O) groups excluding carboxylic acids is 1. The highest BCUT2D eigenvalue weighted by Gasteiger charge is 2.32. The second-order valence-corrected chi connectivity index (χ2v) is 9.37. The summed E-state index contributed by atoms with van der Waals surface area (Å²) in [5, 5.41) is 14.7. The van der Waals surface area contributed by atoms with Crippen LogP contribution in [0.4, 0.5) is 29.2 Å². The van der Waals surface area contributed by atoms with Crippen LogP contribution in [0.1, 0.15) is 65.2 Å². The highest BCUT2D eigenvalue weighted by molar-refractivity contribution is 6.16. The van der Waals surface area contributed by atoms with E-state index < -0.39 is 17.6 Å². The fourth-order valence-electron chi connectivity index (χ4n) is 4.36. The second kappa shape index (κ2) is 14.9. The minimum absolute atomic E-state index is 0.0407. The summed E-state index contributed by atoms with van der Waals surface area (Å²) in [4.78, 5) is 24.2. The van der Waals surface area contributed by atoms with Gasteiger partial charge in [-0.15, -0.1) is 0 Å². The second-order valence-electron chi connectivity index (χ2n) is 9.37. The molecule has 1 amide bonds. The number of alkyl halides is 3. The van der Waals surface area contributed by atoms with Gasteiger partial charge in [0.05, 0.1) is 29.5 Å². The first-order valence-corrected chi connectivity index (χ1v) is 13.3. The van der Waals surface area contributed by atoms with Crippen molar-refractivity contribution in [3.63, 3.8) is 0 Å². The number of halogens is 4. The molecule has 1 aromatic heterocycles. The molecule has 0 spiro atoms. The smallest absolute Gasteiger partial charge is 0.416 e. The number of nitrogens with two attached hydrogens (primary N) is 1. The van der Waals surface area contributed by atoms with Gasteiger partial charge in [-0.1, -0.05) is 37.1 Å². The van der Waals surface area contributed by atoms with E-state index >= 15 is 0 Å². The van der Waals surface area contributed by atoms with Crippen molar-refractivity contribution in [2.45, 2.75) is 51.4 Å². The van der Waals surface area contributed by atoms with Crippen LogP contribution in [0.15, 0.2) is 53.8 Å². The van der Waals surface area contributed by atoms with E-state index in [9.17, 15) is 22.4 Å². The Balaban J connectivity index is 0.000000892. The molecule has 0 atom stereocenters. The molecule has 4 rings (SSSR count). The summed E-state index contributed by atoms with van der Waals surface area (Å²) in [6.07, 6.45) is 1.13. The zero-order valence-corrected chi connectivity index (χ0v) is 23.3. The standard InChI is InChI=1S/C26H27F3N6O2.C3H6FN/c1-37-20-11-10-17(26(27,28)29)12-19(20)25(36)32-13-15-6-8-16(9-7-15)22(30)21-23(31)33-14-34-24(21)35-18-4-2-3-5-18;1-2-5-3-4/h6-12,14,18,30H,2-5,13H2,1H3,(H,32,36)(H3,31,33,34,35);3H,2H2,1H3. The number of hydrogen-bond donors (Lipinski definition) is 4. The van der Waals surface area contributed by atoms with Crippen LogP contribution in [0.5, 0.6) is 5.75 Å². The summed E-state index contributed by atoms with van der Waals surface area (Å²) in [6.45, 7) is 2.68. The maximum atomic E-state index is 13.1. The number of methoxy groups -OCH3 is 1. The van der Waals surface area contributed by atoms with Crippen LogP contribution in [0.2, 0.25) is 0 Å². The third kappa shape index (κ3) is 8.48. The first kappa shape index (κ1) is 32.0. The van der Waals surface area contributed by atoms with Crippen molar-refractivity contribution in [1.29, 1.82) is 5.41 Å². The quantitative estimate of drug-likeness (QED) is 0.185. The summed E-state index contributed by atoms with van der Waals surface area (Å²) >= 11 is 0. The van der Waals surface area contributed by atoms with Gasteiger partial charge in [0.1, 0.15) is 23.7 Å². The van der Waals surface area contributed by atoms with Gasteiger partial charge in [-0.25, -0.2) is 9.97 Å². The lowest BCUT2D eigenvalue weighted by Crippen LogP contribution is -2.24. The van der Waals surface area contributed by atoms with Crippen LogP contribution in [-0.4, -0.2) is 47.8 Å². The van der Waals surface area contributed by atoms with E-state index in [4.69, 9.17) is 15.9 Å². The van der Waals surface area contributed by atoms with Crippen molar-refractivity contribution in [1.82, 2.24) is 15.3 Å². The average Bonchev–Trinajstić information content (AvgIpc) is 3.49. The van der Waals surface area contributed by atoms with Crippen molar-refractivity contribution in [3.05, 3.63) is 76.6 Å². The molecule has 0 unspecified atom stereocenters. The van der Waals surface area contributed by atoms with E-state index in [1.165, 1.54) is 13.4 Å². The van der Waals surface area contributed by atoms with Gasteiger partial charge in [0, 0.05) is 24.7 Å². The molecule has 3 aromatic rings. The molecule has 2 aromatic carbocycles. The Kier molecular flexibility index (Phi) is 11.3. The molecule has 0 radical (unpaired) electrons. The predicted octanol–water partition coefficient (Wildman–Crippen LogP) is 5.79. The summed E-state index contributed by atoms with van der Waals surface area (Å²) in [5.41, 5.74) is 6.80. The number of nitrogens with zero attached hydrogens (tertiary/aromatic N) is 3. The van der Waals surface area contributed by atoms with Crippen molar-refractivity contribution in [3.8, 4) is 5.75 Å². The number of aliphatic imine (C=N–C) groups is 1. The third-order valence-electron chi connectivity index (χ3n) is 6.54. The van der Waals surface area contributed by atoms with E-state index in [0.29, 0.717) is 35.5 Å². The Morgan fingerprint density at radius 1 is 1.17 bits per heavy atom. The number of aromatic nitrogens is 2.